The van der Waals surface area contributed by atoms with Crippen LogP contribution in [0.15, 0.2) is 206 Å². The van der Waals surface area contributed by atoms with Crippen molar-refractivity contribution >= 4 is 48.6 Å². The van der Waals surface area contributed by atoms with Gasteiger partial charge in [-0.25, -0.2) is 15.0 Å². The van der Waals surface area contributed by atoms with E-state index < -0.39 is 0 Å². The lowest BCUT2D eigenvalue weighted by molar-refractivity contribution is 1.08. The lowest BCUT2D eigenvalue weighted by Gasteiger charge is -2.26. The number of nitrogens with zero attached hydrogens (tertiary/aromatic N) is 4. The molecule has 10 aromatic rings. The molecule has 0 N–H and O–H groups in total. The van der Waals surface area contributed by atoms with Crippen LogP contribution >= 0.6 is 11.3 Å². The van der Waals surface area contributed by atoms with Crippen molar-refractivity contribution in [2.75, 3.05) is 4.90 Å². The van der Waals surface area contributed by atoms with Gasteiger partial charge in [-0.3, -0.25) is 0 Å². The first-order valence-electron chi connectivity index (χ1n) is 18.7. The van der Waals surface area contributed by atoms with Gasteiger partial charge < -0.3 is 4.90 Å². The number of anilines is 3. The molecule has 4 nitrogen and oxygen atoms in total. The summed E-state index contributed by atoms with van der Waals surface area (Å²) in [5, 5.41) is 2.32. The molecule has 10 rings (SSSR count). The summed E-state index contributed by atoms with van der Waals surface area (Å²) in [6, 6.07) is 72.2. The molecular weight excluding hydrogens is 701 g/mol. The molecule has 0 aliphatic carbocycles. The van der Waals surface area contributed by atoms with Crippen LogP contribution in [-0.4, -0.2) is 15.0 Å². The highest BCUT2D eigenvalue weighted by Gasteiger charge is 2.19. The van der Waals surface area contributed by atoms with Gasteiger partial charge in [0, 0.05) is 53.9 Å². The van der Waals surface area contributed by atoms with Gasteiger partial charge >= 0.3 is 0 Å². The second-order valence-corrected chi connectivity index (χ2v) is 14.8. The maximum Gasteiger partial charge on any atom is 0.164 e. The second kappa shape index (κ2) is 14.6. The third kappa shape index (κ3) is 6.40. The van der Waals surface area contributed by atoms with E-state index in [9.17, 15) is 0 Å². The summed E-state index contributed by atoms with van der Waals surface area (Å²) in [5.74, 6) is 1.93. The third-order valence-corrected chi connectivity index (χ3v) is 11.2. The first kappa shape index (κ1) is 33.4. The van der Waals surface area contributed by atoms with Gasteiger partial charge in [-0.2, -0.15) is 0 Å². The van der Waals surface area contributed by atoms with Crippen molar-refractivity contribution in [2.24, 2.45) is 0 Å². The quantitative estimate of drug-likeness (QED) is 0.156. The van der Waals surface area contributed by atoms with Gasteiger partial charge in [0.15, 0.2) is 17.5 Å². The lowest BCUT2D eigenvalue weighted by atomic mass is 10.0. The van der Waals surface area contributed by atoms with Crippen molar-refractivity contribution in [2.45, 2.75) is 0 Å². The van der Waals surface area contributed by atoms with Crippen molar-refractivity contribution in [3.63, 3.8) is 0 Å². The summed E-state index contributed by atoms with van der Waals surface area (Å²) in [6.45, 7) is 0. The maximum absolute atomic E-state index is 5.20. The van der Waals surface area contributed by atoms with Gasteiger partial charge in [-0.1, -0.05) is 158 Å². The van der Waals surface area contributed by atoms with Crippen LogP contribution in [0, 0.1) is 0 Å². The molecule has 0 aliphatic rings. The minimum atomic E-state index is 0.640. The Kier molecular flexibility index (Phi) is 8.67. The van der Waals surface area contributed by atoms with E-state index in [1.165, 1.54) is 25.9 Å². The number of hydrogen-bond donors (Lipinski definition) is 0. The van der Waals surface area contributed by atoms with Crippen LogP contribution in [0.4, 0.5) is 17.1 Å². The molecule has 2 heterocycles. The molecule has 0 amide bonds. The Morgan fingerprint density at radius 2 is 0.821 bits per heavy atom. The Morgan fingerprint density at radius 1 is 0.321 bits per heavy atom. The molecule has 0 aliphatic heterocycles. The molecule has 0 unspecified atom stereocenters. The predicted molar refractivity (Wildman–Crippen MR) is 235 cm³/mol. The normalized spacial score (nSPS) is 11.2. The molecule has 5 heteroatoms. The predicted octanol–water partition coefficient (Wildman–Crippen LogP) is 14.0. The van der Waals surface area contributed by atoms with Crippen LogP contribution in [0.3, 0.4) is 0 Å². The fraction of sp³-hybridized carbons (Fsp3) is 0. The highest BCUT2D eigenvalue weighted by Crippen LogP contribution is 2.44. The summed E-state index contributed by atoms with van der Waals surface area (Å²) >= 11 is 1.80. The summed E-state index contributed by atoms with van der Waals surface area (Å²) in [5.41, 5.74) is 10.8. The minimum absolute atomic E-state index is 0.640. The Morgan fingerprint density at radius 3 is 1.52 bits per heavy atom. The molecule has 56 heavy (non-hydrogen) atoms. The van der Waals surface area contributed by atoms with Crippen molar-refractivity contribution in [3.8, 4) is 56.4 Å². The standard InChI is InChI=1S/C51H34N4S/c1-5-16-35(17-6-1)38-22-13-24-40(32-38)50-52-49(37-20-9-3-10-21-37)53-51(54-50)45-28-15-29-46-48(45)44-31-30-43(34-47(44)56-46)55(41-25-11-4-12-26-41)42-27-14-23-39(33-42)36-18-7-2-8-19-36/h1-34H. The molecule has 0 fully saturated rings. The van der Waals surface area contributed by atoms with Crippen LogP contribution in [0.1, 0.15) is 0 Å². The molecule has 0 spiro atoms. The number of para-hydroxylation sites is 1. The van der Waals surface area contributed by atoms with Crippen molar-refractivity contribution in [1.82, 2.24) is 15.0 Å². The van der Waals surface area contributed by atoms with Crippen molar-refractivity contribution in [3.05, 3.63) is 206 Å². The summed E-state index contributed by atoms with van der Waals surface area (Å²) in [7, 11) is 0. The molecule has 0 saturated carbocycles. The van der Waals surface area contributed by atoms with Crippen molar-refractivity contribution in [1.29, 1.82) is 0 Å². The SMILES string of the molecule is c1ccc(-c2cccc(-c3nc(-c4ccccc4)nc(-c4cccc5sc6cc(N(c7ccccc7)c7cccc(-c8ccccc8)c7)ccc6c45)n3)c2)cc1. The van der Waals surface area contributed by atoms with E-state index in [4.69, 9.17) is 15.0 Å². The van der Waals surface area contributed by atoms with Crippen LogP contribution in [0.25, 0.3) is 76.6 Å². The van der Waals surface area contributed by atoms with Gasteiger partial charge in [0.05, 0.1) is 0 Å². The molecule has 0 bridgehead atoms. The number of hydrogen-bond acceptors (Lipinski definition) is 5. The van der Waals surface area contributed by atoms with Crippen LogP contribution < -0.4 is 4.90 Å². The van der Waals surface area contributed by atoms with Crippen LogP contribution in [0.2, 0.25) is 0 Å². The molecule has 8 aromatic carbocycles. The summed E-state index contributed by atoms with van der Waals surface area (Å²) in [4.78, 5) is 17.7. The van der Waals surface area contributed by atoms with Gasteiger partial charge in [0.25, 0.3) is 0 Å². The average Bonchev–Trinajstić information content (AvgIpc) is 3.66. The highest BCUT2D eigenvalue weighted by molar-refractivity contribution is 7.26. The first-order chi connectivity index (χ1) is 27.7. The lowest BCUT2D eigenvalue weighted by Crippen LogP contribution is -2.09. The van der Waals surface area contributed by atoms with Gasteiger partial charge in [-0.05, 0) is 70.8 Å². The largest absolute Gasteiger partial charge is 0.310 e. The smallest absolute Gasteiger partial charge is 0.164 e. The topological polar surface area (TPSA) is 41.9 Å². The molecule has 0 radical (unpaired) electrons. The number of fused-ring (bicyclic) bond motifs is 3. The number of benzene rings is 8. The number of aromatic nitrogens is 3. The number of rotatable bonds is 8. The van der Waals surface area contributed by atoms with E-state index in [1.807, 2.05) is 24.3 Å². The molecule has 0 saturated heterocycles. The highest BCUT2D eigenvalue weighted by atomic mass is 32.1. The molecule has 2 aromatic heterocycles. The monoisotopic (exact) mass is 734 g/mol. The third-order valence-electron chi connectivity index (χ3n) is 10.1. The van der Waals surface area contributed by atoms with Crippen molar-refractivity contribution < 1.29 is 0 Å². The van der Waals surface area contributed by atoms with Crippen LogP contribution in [-0.2, 0) is 0 Å². The Balaban J connectivity index is 1.12. The van der Waals surface area contributed by atoms with E-state index in [0.29, 0.717) is 17.5 Å². The zero-order valence-corrected chi connectivity index (χ0v) is 31.1. The summed E-state index contributed by atoms with van der Waals surface area (Å²) < 4.78 is 2.37. The van der Waals surface area contributed by atoms with E-state index >= 15 is 0 Å². The Hall–Kier alpha value is -7.21. The maximum atomic E-state index is 5.20. The van der Waals surface area contributed by atoms with Gasteiger partial charge in [0.1, 0.15) is 0 Å². The van der Waals surface area contributed by atoms with E-state index in [1.54, 1.807) is 11.3 Å². The average molecular weight is 735 g/mol. The first-order valence-corrected chi connectivity index (χ1v) is 19.5. The Bertz CT molecular complexity index is 2960. The fourth-order valence-corrected chi connectivity index (χ4v) is 8.59. The fourth-order valence-electron chi connectivity index (χ4n) is 7.43. The second-order valence-electron chi connectivity index (χ2n) is 13.7. The van der Waals surface area contributed by atoms with E-state index in [0.717, 1.165) is 50.3 Å². The van der Waals surface area contributed by atoms with E-state index in [2.05, 4.69) is 187 Å². The molecule has 264 valence electrons. The zero-order chi connectivity index (χ0) is 37.3. The summed E-state index contributed by atoms with van der Waals surface area (Å²) in [6.07, 6.45) is 0. The van der Waals surface area contributed by atoms with E-state index in [-0.39, 0.29) is 0 Å². The number of thiophene rings is 1. The van der Waals surface area contributed by atoms with Crippen LogP contribution in [0.5, 0.6) is 0 Å². The van der Waals surface area contributed by atoms with Gasteiger partial charge in [-0.15, -0.1) is 11.3 Å². The Labute approximate surface area is 329 Å². The molecular formula is C51H34N4S. The zero-order valence-electron chi connectivity index (χ0n) is 30.3. The van der Waals surface area contributed by atoms with Gasteiger partial charge in [0.2, 0.25) is 0 Å². The molecule has 0 atom stereocenters. The minimum Gasteiger partial charge on any atom is -0.310 e.